The van der Waals surface area contributed by atoms with Gasteiger partial charge in [0.25, 0.3) is 0 Å². The summed E-state index contributed by atoms with van der Waals surface area (Å²) in [6.07, 6.45) is 1.82. The van der Waals surface area contributed by atoms with Crippen molar-refractivity contribution in [2.45, 2.75) is 40.0 Å². The van der Waals surface area contributed by atoms with Crippen LogP contribution in [0.15, 0.2) is 24.5 Å². The molecule has 3 N–H and O–H groups in total. The summed E-state index contributed by atoms with van der Waals surface area (Å²) in [5.74, 6) is 1.60. The standard InChI is InChI=1S/C14H21N5O/c1-4-19-9-17-18-14(19)8-16-11-5-6-12(15)13(7-11)20-10(2)3/h5-7,9-10,16H,4,8,15H2,1-3H3. The molecular formula is C14H21N5O. The monoisotopic (exact) mass is 275 g/mol. The number of nitrogens with one attached hydrogen (secondary N) is 1. The van der Waals surface area contributed by atoms with Crippen LogP contribution in [-0.2, 0) is 13.1 Å². The number of anilines is 2. The Kier molecular flexibility index (Phi) is 4.45. The van der Waals surface area contributed by atoms with Gasteiger partial charge in [-0.3, -0.25) is 0 Å². The van der Waals surface area contributed by atoms with Crippen molar-refractivity contribution in [1.29, 1.82) is 0 Å². The van der Waals surface area contributed by atoms with E-state index in [2.05, 4.69) is 22.4 Å². The minimum Gasteiger partial charge on any atom is -0.489 e. The normalized spacial score (nSPS) is 10.8. The lowest BCUT2D eigenvalue weighted by molar-refractivity contribution is 0.244. The molecule has 0 aliphatic carbocycles. The number of hydrogen-bond acceptors (Lipinski definition) is 5. The smallest absolute Gasteiger partial charge is 0.152 e. The maximum atomic E-state index is 5.89. The molecule has 1 aromatic carbocycles. The molecule has 0 unspecified atom stereocenters. The average molecular weight is 275 g/mol. The van der Waals surface area contributed by atoms with Gasteiger partial charge in [0.2, 0.25) is 0 Å². The topological polar surface area (TPSA) is 78.0 Å². The Morgan fingerprint density at radius 2 is 2.20 bits per heavy atom. The number of nitrogens with two attached hydrogens (primary N) is 1. The summed E-state index contributed by atoms with van der Waals surface area (Å²) in [5, 5.41) is 11.3. The highest BCUT2D eigenvalue weighted by Gasteiger charge is 2.06. The van der Waals surface area contributed by atoms with Crippen LogP contribution < -0.4 is 15.8 Å². The van der Waals surface area contributed by atoms with Crippen molar-refractivity contribution in [3.05, 3.63) is 30.4 Å². The lowest BCUT2D eigenvalue weighted by atomic mass is 10.2. The Morgan fingerprint density at radius 3 is 2.90 bits per heavy atom. The molecule has 2 aromatic rings. The van der Waals surface area contributed by atoms with Gasteiger partial charge < -0.3 is 20.4 Å². The average Bonchev–Trinajstić information content (AvgIpc) is 2.86. The Labute approximate surface area is 119 Å². The van der Waals surface area contributed by atoms with Crippen molar-refractivity contribution in [3.8, 4) is 5.75 Å². The molecule has 0 fully saturated rings. The van der Waals surface area contributed by atoms with E-state index in [4.69, 9.17) is 10.5 Å². The van der Waals surface area contributed by atoms with Crippen molar-refractivity contribution in [2.24, 2.45) is 0 Å². The van der Waals surface area contributed by atoms with Crippen molar-refractivity contribution in [3.63, 3.8) is 0 Å². The summed E-state index contributed by atoms with van der Waals surface area (Å²) in [4.78, 5) is 0. The largest absolute Gasteiger partial charge is 0.489 e. The van der Waals surface area contributed by atoms with Crippen LogP contribution in [0.4, 0.5) is 11.4 Å². The van der Waals surface area contributed by atoms with Crippen molar-refractivity contribution >= 4 is 11.4 Å². The molecule has 20 heavy (non-hydrogen) atoms. The predicted octanol–water partition coefficient (Wildman–Crippen LogP) is 2.28. The lowest BCUT2D eigenvalue weighted by Crippen LogP contribution is -2.09. The number of aryl methyl sites for hydroxylation is 1. The van der Waals surface area contributed by atoms with Gasteiger partial charge in [0.15, 0.2) is 5.82 Å². The molecule has 0 aliphatic heterocycles. The van der Waals surface area contributed by atoms with Crippen LogP contribution in [0, 0.1) is 0 Å². The van der Waals surface area contributed by atoms with E-state index in [-0.39, 0.29) is 6.10 Å². The number of rotatable bonds is 6. The highest BCUT2D eigenvalue weighted by atomic mass is 16.5. The second kappa shape index (κ2) is 6.27. The highest BCUT2D eigenvalue weighted by Crippen LogP contribution is 2.26. The van der Waals surface area contributed by atoms with Gasteiger partial charge >= 0.3 is 0 Å². The Hall–Kier alpha value is -2.24. The first kappa shape index (κ1) is 14.2. The van der Waals surface area contributed by atoms with Crippen molar-refractivity contribution in [2.75, 3.05) is 11.1 Å². The second-order valence-electron chi connectivity index (χ2n) is 4.81. The molecule has 0 saturated carbocycles. The number of aromatic nitrogens is 3. The van der Waals surface area contributed by atoms with E-state index in [1.165, 1.54) is 0 Å². The fraction of sp³-hybridized carbons (Fsp3) is 0.429. The maximum Gasteiger partial charge on any atom is 0.152 e. The van der Waals surface area contributed by atoms with Crippen LogP contribution in [0.5, 0.6) is 5.75 Å². The fourth-order valence-electron chi connectivity index (χ4n) is 1.86. The third-order valence-electron chi connectivity index (χ3n) is 2.86. The molecule has 108 valence electrons. The minimum atomic E-state index is 0.0933. The molecule has 0 amide bonds. The molecule has 1 aromatic heterocycles. The molecule has 0 saturated heterocycles. The maximum absolute atomic E-state index is 5.89. The van der Waals surface area contributed by atoms with Gasteiger partial charge in [0, 0.05) is 18.3 Å². The third-order valence-corrected chi connectivity index (χ3v) is 2.86. The van der Waals surface area contributed by atoms with Crippen LogP contribution in [0.25, 0.3) is 0 Å². The number of benzene rings is 1. The molecule has 6 nitrogen and oxygen atoms in total. The summed E-state index contributed by atoms with van der Waals surface area (Å²) < 4.78 is 7.67. The van der Waals surface area contributed by atoms with E-state index < -0.39 is 0 Å². The van der Waals surface area contributed by atoms with E-state index in [1.54, 1.807) is 6.33 Å². The van der Waals surface area contributed by atoms with Gasteiger partial charge in [-0.1, -0.05) is 0 Å². The van der Waals surface area contributed by atoms with Gasteiger partial charge in [0.05, 0.1) is 18.3 Å². The van der Waals surface area contributed by atoms with Gasteiger partial charge in [0.1, 0.15) is 12.1 Å². The summed E-state index contributed by atoms with van der Waals surface area (Å²) in [5.41, 5.74) is 7.48. The molecule has 6 heteroatoms. The Balaban J connectivity index is 2.06. The van der Waals surface area contributed by atoms with Gasteiger partial charge in [-0.2, -0.15) is 0 Å². The van der Waals surface area contributed by atoms with Crippen molar-refractivity contribution in [1.82, 2.24) is 14.8 Å². The first-order valence-corrected chi connectivity index (χ1v) is 6.77. The number of nitrogen functional groups attached to an aromatic ring is 1. The predicted molar refractivity (Wildman–Crippen MR) is 79.6 cm³/mol. The molecule has 2 rings (SSSR count). The highest BCUT2D eigenvalue weighted by molar-refractivity contribution is 5.61. The second-order valence-corrected chi connectivity index (χ2v) is 4.81. The van der Waals surface area contributed by atoms with E-state index in [9.17, 15) is 0 Å². The zero-order chi connectivity index (χ0) is 14.5. The summed E-state index contributed by atoms with van der Waals surface area (Å²) in [6.45, 7) is 7.48. The molecule has 0 atom stereocenters. The van der Waals surface area contributed by atoms with E-state index in [0.717, 1.165) is 18.1 Å². The molecule has 1 heterocycles. The third kappa shape index (κ3) is 3.40. The molecule has 0 spiro atoms. The van der Waals surface area contributed by atoms with Gasteiger partial charge in [-0.25, -0.2) is 0 Å². The Morgan fingerprint density at radius 1 is 1.40 bits per heavy atom. The lowest BCUT2D eigenvalue weighted by Gasteiger charge is -2.14. The molecule has 0 bridgehead atoms. The zero-order valence-corrected chi connectivity index (χ0v) is 12.1. The first-order valence-electron chi connectivity index (χ1n) is 6.77. The van der Waals surface area contributed by atoms with Crippen LogP contribution in [0.3, 0.4) is 0 Å². The minimum absolute atomic E-state index is 0.0933. The molecule has 0 aliphatic rings. The number of hydrogen-bond donors (Lipinski definition) is 2. The molecular weight excluding hydrogens is 254 g/mol. The van der Waals surface area contributed by atoms with E-state index >= 15 is 0 Å². The summed E-state index contributed by atoms with van der Waals surface area (Å²) >= 11 is 0. The first-order chi connectivity index (χ1) is 9.60. The van der Waals surface area contributed by atoms with E-state index in [1.807, 2.05) is 36.6 Å². The number of nitrogens with zero attached hydrogens (tertiary/aromatic N) is 3. The van der Waals surface area contributed by atoms with Crippen LogP contribution >= 0.6 is 0 Å². The summed E-state index contributed by atoms with van der Waals surface area (Å²) in [6, 6.07) is 5.67. The fourth-order valence-corrected chi connectivity index (χ4v) is 1.86. The number of ether oxygens (including phenoxy) is 1. The van der Waals surface area contributed by atoms with Crippen LogP contribution in [0.1, 0.15) is 26.6 Å². The quantitative estimate of drug-likeness (QED) is 0.791. The zero-order valence-electron chi connectivity index (χ0n) is 12.1. The van der Waals surface area contributed by atoms with Gasteiger partial charge in [-0.05, 0) is 32.9 Å². The van der Waals surface area contributed by atoms with Gasteiger partial charge in [-0.15, -0.1) is 10.2 Å². The molecule has 0 radical (unpaired) electrons. The Bertz CT molecular complexity index is 564. The SMILES string of the molecule is CCn1cnnc1CNc1ccc(N)c(OC(C)C)c1. The van der Waals surface area contributed by atoms with Crippen LogP contribution in [0.2, 0.25) is 0 Å². The van der Waals surface area contributed by atoms with E-state index in [0.29, 0.717) is 18.0 Å². The summed E-state index contributed by atoms with van der Waals surface area (Å²) in [7, 11) is 0. The van der Waals surface area contributed by atoms with Crippen molar-refractivity contribution < 1.29 is 4.74 Å². The van der Waals surface area contributed by atoms with Crippen LogP contribution in [-0.4, -0.2) is 20.9 Å².